The topological polar surface area (TPSA) is 95.9 Å². The summed E-state index contributed by atoms with van der Waals surface area (Å²) >= 11 is 0. The summed E-state index contributed by atoms with van der Waals surface area (Å²) in [7, 11) is 0. The largest absolute Gasteiger partial charge is 0.481 e. The Kier molecular flexibility index (Phi) is 5.80. The van der Waals surface area contributed by atoms with Crippen molar-refractivity contribution < 1.29 is 24.2 Å². The van der Waals surface area contributed by atoms with Gasteiger partial charge in [0.15, 0.2) is 0 Å². The van der Waals surface area contributed by atoms with E-state index in [1.807, 2.05) is 31.2 Å². The summed E-state index contributed by atoms with van der Waals surface area (Å²) in [5.41, 5.74) is 3.83. The molecule has 0 radical (unpaired) electrons. The minimum atomic E-state index is -0.848. The SMILES string of the molecule is CCC1(C(=O)O)CN(C(=O)C2CCCC2NC(=O)OCC2c3ccccc3-c3ccccc32)C1. The molecule has 7 heteroatoms. The number of nitrogens with zero attached hydrogens (tertiary/aromatic N) is 1. The first-order valence-corrected chi connectivity index (χ1v) is 12.1. The first-order valence-electron chi connectivity index (χ1n) is 12.1. The number of hydrogen-bond donors (Lipinski definition) is 2. The fraction of sp³-hybridized carbons (Fsp3) is 0.444. The number of aliphatic carboxylic acids is 1. The van der Waals surface area contributed by atoms with Crippen LogP contribution in [0.2, 0.25) is 0 Å². The van der Waals surface area contributed by atoms with Crippen LogP contribution >= 0.6 is 0 Å². The van der Waals surface area contributed by atoms with Crippen LogP contribution in [0.25, 0.3) is 11.1 Å². The number of carboxylic acids is 1. The van der Waals surface area contributed by atoms with Crippen molar-refractivity contribution in [2.75, 3.05) is 19.7 Å². The molecule has 0 spiro atoms. The second-order valence-corrected chi connectivity index (χ2v) is 9.75. The van der Waals surface area contributed by atoms with E-state index in [-0.39, 0.29) is 43.5 Å². The lowest BCUT2D eigenvalue weighted by molar-refractivity contribution is -0.168. The Balaban J connectivity index is 1.19. The van der Waals surface area contributed by atoms with Gasteiger partial charge in [-0.05, 0) is 41.5 Å². The van der Waals surface area contributed by atoms with Gasteiger partial charge < -0.3 is 20.1 Å². The van der Waals surface area contributed by atoms with E-state index >= 15 is 0 Å². The average Bonchev–Trinajstić information content (AvgIpc) is 3.39. The average molecular weight is 463 g/mol. The van der Waals surface area contributed by atoms with Crippen molar-refractivity contribution >= 4 is 18.0 Å². The van der Waals surface area contributed by atoms with Gasteiger partial charge in [-0.2, -0.15) is 0 Å². The molecule has 2 fully saturated rings. The van der Waals surface area contributed by atoms with E-state index in [0.29, 0.717) is 19.3 Å². The van der Waals surface area contributed by atoms with Gasteiger partial charge in [0.1, 0.15) is 12.0 Å². The van der Waals surface area contributed by atoms with E-state index < -0.39 is 17.5 Å². The molecule has 1 heterocycles. The predicted molar refractivity (Wildman–Crippen MR) is 126 cm³/mol. The minimum absolute atomic E-state index is 0.0153. The first kappa shape index (κ1) is 22.4. The van der Waals surface area contributed by atoms with Crippen LogP contribution in [0, 0.1) is 11.3 Å². The van der Waals surface area contributed by atoms with Crippen molar-refractivity contribution in [2.45, 2.75) is 44.6 Å². The van der Waals surface area contributed by atoms with Gasteiger partial charge in [-0.15, -0.1) is 0 Å². The van der Waals surface area contributed by atoms with Crippen LogP contribution < -0.4 is 5.32 Å². The van der Waals surface area contributed by atoms with Gasteiger partial charge >= 0.3 is 12.1 Å². The van der Waals surface area contributed by atoms with E-state index in [0.717, 1.165) is 17.5 Å². The predicted octanol–water partition coefficient (Wildman–Crippen LogP) is 4.02. The number of hydrogen-bond acceptors (Lipinski definition) is 4. The number of fused-ring (bicyclic) bond motifs is 3. The highest BCUT2D eigenvalue weighted by atomic mass is 16.5. The zero-order chi connectivity index (χ0) is 23.9. The van der Waals surface area contributed by atoms with Crippen LogP contribution in [0.5, 0.6) is 0 Å². The maximum atomic E-state index is 13.0. The fourth-order valence-corrected chi connectivity index (χ4v) is 5.80. The summed E-state index contributed by atoms with van der Waals surface area (Å²) in [4.78, 5) is 38.9. The highest BCUT2D eigenvalue weighted by Gasteiger charge is 2.52. The number of benzene rings is 2. The van der Waals surface area contributed by atoms with Gasteiger partial charge in [0.2, 0.25) is 5.91 Å². The molecule has 2 amide bonds. The van der Waals surface area contributed by atoms with Crippen LogP contribution in [-0.4, -0.2) is 53.7 Å². The van der Waals surface area contributed by atoms with Gasteiger partial charge in [0.25, 0.3) is 0 Å². The lowest BCUT2D eigenvalue weighted by Gasteiger charge is -2.48. The summed E-state index contributed by atoms with van der Waals surface area (Å²) < 4.78 is 5.66. The van der Waals surface area contributed by atoms with E-state index in [1.165, 1.54) is 11.1 Å². The molecule has 2 aliphatic carbocycles. The lowest BCUT2D eigenvalue weighted by atomic mass is 9.76. The lowest BCUT2D eigenvalue weighted by Crippen LogP contribution is -2.63. The number of nitrogens with one attached hydrogen (secondary N) is 1. The summed E-state index contributed by atoms with van der Waals surface area (Å²) in [5, 5.41) is 12.4. The van der Waals surface area contributed by atoms with Crippen molar-refractivity contribution in [1.29, 1.82) is 0 Å². The van der Waals surface area contributed by atoms with Gasteiger partial charge in [0, 0.05) is 25.0 Å². The summed E-state index contributed by atoms with van der Waals surface area (Å²) in [6, 6.07) is 16.1. The maximum absolute atomic E-state index is 13.0. The number of rotatable bonds is 6. The first-order chi connectivity index (χ1) is 16.4. The molecule has 2 aromatic rings. The number of likely N-dealkylation sites (tertiary alicyclic amines) is 1. The van der Waals surface area contributed by atoms with Crippen LogP contribution in [0.1, 0.15) is 49.7 Å². The zero-order valence-electron chi connectivity index (χ0n) is 19.3. The third kappa shape index (κ3) is 3.73. The maximum Gasteiger partial charge on any atom is 0.407 e. The zero-order valence-corrected chi connectivity index (χ0v) is 19.3. The Morgan fingerprint density at radius 1 is 1.03 bits per heavy atom. The molecule has 2 unspecified atom stereocenters. The van der Waals surface area contributed by atoms with Crippen molar-refractivity contribution in [3.63, 3.8) is 0 Å². The summed E-state index contributed by atoms with van der Waals surface area (Å²) in [5.74, 6) is -1.26. The molecule has 2 aromatic carbocycles. The number of carbonyl (C=O) groups excluding carboxylic acids is 2. The molecule has 1 saturated heterocycles. The molecular weight excluding hydrogens is 432 g/mol. The number of alkyl carbamates (subject to hydrolysis) is 1. The van der Waals surface area contributed by atoms with Gasteiger partial charge in [-0.1, -0.05) is 61.9 Å². The van der Waals surface area contributed by atoms with Crippen LogP contribution in [-0.2, 0) is 14.3 Å². The summed E-state index contributed by atoms with van der Waals surface area (Å²) in [6.45, 7) is 2.56. The molecule has 34 heavy (non-hydrogen) atoms. The van der Waals surface area contributed by atoms with Crippen LogP contribution in [0.15, 0.2) is 48.5 Å². The highest BCUT2D eigenvalue weighted by Crippen LogP contribution is 2.44. The standard InChI is InChI=1S/C27H30N2O5/c1-2-27(25(31)32)15-29(16-27)24(30)21-12-7-13-23(21)28-26(33)34-14-22-19-10-5-3-8-17(19)18-9-4-6-11-20(18)22/h3-6,8-11,21-23H,2,7,12-16H2,1H3,(H,28,33)(H,31,32). The molecule has 7 nitrogen and oxygen atoms in total. The van der Waals surface area contributed by atoms with Crippen LogP contribution in [0.4, 0.5) is 4.79 Å². The third-order valence-corrected chi connectivity index (χ3v) is 7.91. The minimum Gasteiger partial charge on any atom is -0.481 e. The van der Waals surface area contributed by atoms with Gasteiger partial charge in [-0.25, -0.2) is 4.79 Å². The molecule has 178 valence electrons. The Morgan fingerprint density at radius 2 is 1.65 bits per heavy atom. The smallest absolute Gasteiger partial charge is 0.407 e. The van der Waals surface area contributed by atoms with E-state index in [2.05, 4.69) is 29.6 Å². The van der Waals surface area contributed by atoms with E-state index in [1.54, 1.807) is 4.90 Å². The molecule has 2 N–H and O–H groups in total. The van der Waals surface area contributed by atoms with Crippen molar-refractivity contribution in [3.8, 4) is 11.1 Å². The second kappa shape index (κ2) is 8.78. The molecule has 3 aliphatic rings. The molecule has 0 bridgehead atoms. The quantitative estimate of drug-likeness (QED) is 0.676. The number of carbonyl (C=O) groups is 3. The van der Waals surface area contributed by atoms with Gasteiger partial charge in [0.05, 0.1) is 5.92 Å². The number of ether oxygens (including phenoxy) is 1. The highest BCUT2D eigenvalue weighted by molar-refractivity contribution is 5.86. The number of carboxylic acid groups (broad SMARTS) is 1. The Labute approximate surface area is 199 Å². The summed E-state index contributed by atoms with van der Waals surface area (Å²) in [6.07, 6.45) is 2.24. The third-order valence-electron chi connectivity index (χ3n) is 7.91. The van der Waals surface area contributed by atoms with Gasteiger partial charge in [-0.3, -0.25) is 9.59 Å². The second-order valence-electron chi connectivity index (χ2n) is 9.75. The molecule has 0 aromatic heterocycles. The van der Waals surface area contributed by atoms with E-state index in [9.17, 15) is 19.5 Å². The Bertz CT molecular complexity index is 1080. The monoisotopic (exact) mass is 462 g/mol. The number of amides is 2. The van der Waals surface area contributed by atoms with Crippen molar-refractivity contribution in [3.05, 3.63) is 59.7 Å². The molecule has 1 saturated carbocycles. The molecule has 1 aliphatic heterocycles. The van der Waals surface area contributed by atoms with Crippen LogP contribution in [0.3, 0.4) is 0 Å². The van der Waals surface area contributed by atoms with Crippen molar-refractivity contribution in [2.24, 2.45) is 11.3 Å². The Hall–Kier alpha value is -3.35. The molecule has 2 atom stereocenters. The fourth-order valence-electron chi connectivity index (χ4n) is 5.80. The Morgan fingerprint density at radius 3 is 2.24 bits per heavy atom. The molecule has 5 rings (SSSR count). The molecular formula is C27H30N2O5. The normalized spacial score (nSPS) is 22.4. The van der Waals surface area contributed by atoms with E-state index in [4.69, 9.17) is 4.74 Å². The van der Waals surface area contributed by atoms with Crippen molar-refractivity contribution in [1.82, 2.24) is 10.2 Å².